The molecule has 2 heterocycles. The molecule has 5 rings (SSSR count). The molecule has 3 aliphatic rings. The van der Waals surface area contributed by atoms with Crippen LogP contribution >= 0.6 is 0 Å². The summed E-state index contributed by atoms with van der Waals surface area (Å²) in [6.45, 7) is 7.91. The number of imide groups is 1. The number of rotatable bonds is 8. The van der Waals surface area contributed by atoms with Crippen LogP contribution in [0.15, 0.2) is 53.1 Å². The van der Waals surface area contributed by atoms with Crippen molar-refractivity contribution in [3.63, 3.8) is 0 Å². The third-order valence-corrected chi connectivity index (χ3v) is 9.01. The Balaban J connectivity index is 1.43. The monoisotopic (exact) mass is 571 g/mol. The molecule has 2 aliphatic heterocycles. The molecule has 0 aromatic heterocycles. The number of aryl methyl sites for hydroxylation is 2. The van der Waals surface area contributed by atoms with Gasteiger partial charge in [0, 0.05) is 0 Å². The first kappa shape index (κ1) is 30.3. The first-order chi connectivity index (χ1) is 20.0. The largest absolute Gasteiger partial charge is 0.507 e. The van der Waals surface area contributed by atoms with Gasteiger partial charge in [0.2, 0.25) is 11.8 Å². The highest BCUT2D eigenvalue weighted by Gasteiger charge is 2.57. The lowest BCUT2D eigenvalue weighted by Crippen LogP contribution is -2.46. The summed E-state index contributed by atoms with van der Waals surface area (Å²) in [6, 6.07) is 10.1. The predicted molar refractivity (Wildman–Crippen MR) is 164 cm³/mol. The molecule has 2 aromatic rings. The minimum atomic E-state index is -1.71. The first-order valence-corrected chi connectivity index (χ1v) is 14.9. The molecule has 42 heavy (non-hydrogen) atoms. The molecule has 0 radical (unpaired) electrons. The number of phenolic OH excluding ortho intramolecular Hbond substituents is 1. The molecule has 0 bridgehead atoms. The average Bonchev–Trinajstić information content (AvgIpc) is 3.19. The molecule has 1 aliphatic carbocycles. The van der Waals surface area contributed by atoms with Crippen LogP contribution in [0.1, 0.15) is 62.6 Å². The number of phenols is 1. The number of nitrogens with zero attached hydrogens (tertiary/aromatic N) is 1. The van der Waals surface area contributed by atoms with E-state index in [1.165, 1.54) is 17.0 Å². The van der Waals surface area contributed by atoms with Crippen LogP contribution in [0.4, 0.5) is 5.69 Å². The average molecular weight is 571 g/mol. The maximum absolute atomic E-state index is 13.9. The number of carbonyl (C=O) groups excluding carboxylic acids is 2. The van der Waals surface area contributed by atoms with E-state index >= 15 is 0 Å². The molecule has 0 unspecified atom stereocenters. The third-order valence-electron chi connectivity index (χ3n) is 9.01. The lowest BCUT2D eigenvalue weighted by Gasteiger charge is -2.43. The predicted octanol–water partition coefficient (Wildman–Crippen LogP) is 3.67. The van der Waals surface area contributed by atoms with Gasteiger partial charge in [-0.25, -0.2) is 0 Å². The van der Waals surface area contributed by atoms with Crippen molar-refractivity contribution < 1.29 is 34.4 Å². The van der Waals surface area contributed by atoms with E-state index in [1.54, 1.807) is 12.1 Å². The SMILES string of the molecule is CCCC1=C2[C@@H](CC/C(C)=C/c3cc(C)c(O)c(C)c3)OB(O)C[C@@H]2[C@@H]2C(=O)N(c3cccc(B(O)O)c3)C(=O)[C@@H]2C1. The van der Waals surface area contributed by atoms with Gasteiger partial charge in [0.25, 0.3) is 0 Å². The Kier molecular flexibility index (Phi) is 8.81. The van der Waals surface area contributed by atoms with Crippen LogP contribution in [0.3, 0.4) is 0 Å². The summed E-state index contributed by atoms with van der Waals surface area (Å²) in [6.07, 6.45) is 5.50. The van der Waals surface area contributed by atoms with Crippen molar-refractivity contribution in [1.82, 2.24) is 0 Å². The molecule has 2 amide bonds. The fourth-order valence-corrected chi connectivity index (χ4v) is 7.17. The normalized spacial score (nSPS) is 24.3. The number of fused-ring (bicyclic) bond motifs is 3. The maximum Gasteiger partial charge on any atom is 0.488 e. The summed E-state index contributed by atoms with van der Waals surface area (Å²) in [4.78, 5) is 28.8. The number of benzene rings is 2. The molecule has 2 saturated heterocycles. The van der Waals surface area contributed by atoms with Crippen LogP contribution in [0, 0.1) is 31.6 Å². The molecule has 0 spiro atoms. The quantitative estimate of drug-likeness (QED) is 0.216. The topological polar surface area (TPSA) is 128 Å². The Morgan fingerprint density at radius 1 is 1.12 bits per heavy atom. The van der Waals surface area contributed by atoms with Gasteiger partial charge >= 0.3 is 14.2 Å². The minimum absolute atomic E-state index is 0.205. The lowest BCUT2D eigenvalue weighted by molar-refractivity contribution is -0.122. The van der Waals surface area contributed by atoms with Crippen molar-refractivity contribution in [2.24, 2.45) is 17.8 Å². The number of hydrogen-bond acceptors (Lipinski definition) is 7. The Morgan fingerprint density at radius 2 is 1.83 bits per heavy atom. The Labute approximate surface area is 248 Å². The second kappa shape index (κ2) is 12.2. The van der Waals surface area contributed by atoms with Gasteiger partial charge in [-0.05, 0) is 111 Å². The van der Waals surface area contributed by atoms with Crippen molar-refractivity contribution in [1.29, 1.82) is 0 Å². The lowest BCUT2D eigenvalue weighted by atomic mass is 9.58. The van der Waals surface area contributed by atoms with Gasteiger partial charge in [0.15, 0.2) is 0 Å². The van der Waals surface area contributed by atoms with E-state index in [0.29, 0.717) is 24.3 Å². The molecule has 220 valence electrons. The maximum atomic E-state index is 13.9. The second-order valence-electron chi connectivity index (χ2n) is 12.1. The molecule has 8 nitrogen and oxygen atoms in total. The third kappa shape index (κ3) is 5.73. The summed E-state index contributed by atoms with van der Waals surface area (Å²) in [5.74, 6) is -1.71. The highest BCUT2D eigenvalue weighted by molar-refractivity contribution is 6.58. The van der Waals surface area contributed by atoms with Gasteiger partial charge in [-0.15, -0.1) is 0 Å². The molecule has 2 aromatic carbocycles. The second-order valence-corrected chi connectivity index (χ2v) is 12.1. The van der Waals surface area contributed by atoms with E-state index in [1.807, 2.05) is 26.0 Å². The highest BCUT2D eigenvalue weighted by Crippen LogP contribution is 2.52. The molecule has 10 heteroatoms. The van der Waals surface area contributed by atoms with E-state index < -0.39 is 26.1 Å². The highest BCUT2D eigenvalue weighted by atomic mass is 16.5. The van der Waals surface area contributed by atoms with Gasteiger partial charge in [-0.2, -0.15) is 0 Å². The molecule has 2 fully saturated rings. The van der Waals surface area contributed by atoms with Gasteiger partial charge < -0.3 is 24.8 Å². The summed E-state index contributed by atoms with van der Waals surface area (Å²) >= 11 is 0. The van der Waals surface area contributed by atoms with E-state index in [2.05, 4.69) is 19.9 Å². The Bertz CT molecular complexity index is 1430. The number of allylic oxidation sites excluding steroid dienone is 2. The Morgan fingerprint density at radius 3 is 2.50 bits per heavy atom. The van der Waals surface area contributed by atoms with Gasteiger partial charge in [0.05, 0.1) is 23.6 Å². The van der Waals surface area contributed by atoms with Gasteiger partial charge in [-0.1, -0.05) is 42.7 Å². The van der Waals surface area contributed by atoms with Crippen LogP contribution in [0.25, 0.3) is 6.08 Å². The van der Waals surface area contributed by atoms with Crippen molar-refractivity contribution >= 4 is 43.3 Å². The molecular formula is C32H39B2NO7. The van der Waals surface area contributed by atoms with Crippen molar-refractivity contribution in [3.05, 3.63) is 69.8 Å². The summed E-state index contributed by atoms with van der Waals surface area (Å²) in [5.41, 5.74) is 6.54. The number of carbonyl (C=O) groups is 2. The Hall–Kier alpha value is -3.17. The summed E-state index contributed by atoms with van der Waals surface area (Å²) < 4.78 is 6.12. The number of aromatic hydroxyl groups is 1. The zero-order valence-corrected chi connectivity index (χ0v) is 24.7. The minimum Gasteiger partial charge on any atom is -0.507 e. The van der Waals surface area contributed by atoms with Crippen LogP contribution < -0.4 is 10.4 Å². The van der Waals surface area contributed by atoms with Crippen LogP contribution in [-0.2, 0) is 14.2 Å². The zero-order valence-electron chi connectivity index (χ0n) is 24.7. The van der Waals surface area contributed by atoms with Crippen LogP contribution in [0.2, 0.25) is 6.32 Å². The summed E-state index contributed by atoms with van der Waals surface area (Å²) in [7, 11) is -2.75. The first-order valence-electron chi connectivity index (χ1n) is 14.9. The smallest absolute Gasteiger partial charge is 0.488 e. The molecular weight excluding hydrogens is 532 g/mol. The number of anilines is 1. The van der Waals surface area contributed by atoms with Gasteiger partial charge in [-0.3, -0.25) is 14.5 Å². The number of amides is 2. The summed E-state index contributed by atoms with van der Waals surface area (Å²) in [5, 5.41) is 40.2. The molecule has 0 saturated carbocycles. The fourth-order valence-electron chi connectivity index (χ4n) is 7.17. The fraction of sp³-hybridized carbons (Fsp3) is 0.438. The molecule has 4 N–H and O–H groups in total. The molecule has 4 atom stereocenters. The van der Waals surface area contributed by atoms with Crippen molar-refractivity contribution in [3.8, 4) is 5.75 Å². The van der Waals surface area contributed by atoms with Crippen LogP contribution in [0.5, 0.6) is 5.75 Å². The van der Waals surface area contributed by atoms with Crippen molar-refractivity contribution in [2.75, 3.05) is 4.90 Å². The zero-order chi connectivity index (χ0) is 30.3. The number of hydrogen-bond donors (Lipinski definition) is 4. The van der Waals surface area contributed by atoms with E-state index in [-0.39, 0.29) is 35.6 Å². The van der Waals surface area contributed by atoms with Crippen molar-refractivity contribution in [2.45, 2.75) is 72.2 Å². The van der Waals surface area contributed by atoms with Crippen LogP contribution in [-0.4, -0.2) is 52.3 Å². The van der Waals surface area contributed by atoms with E-state index in [9.17, 15) is 29.8 Å². The van der Waals surface area contributed by atoms with E-state index in [4.69, 9.17) is 4.65 Å². The van der Waals surface area contributed by atoms with Gasteiger partial charge in [0.1, 0.15) is 5.75 Å². The standard InChI is InChI=1S/C32H39B2NO7/c1-5-7-22-15-25-29(32(38)35(31(25)37)24-9-6-8-23(16-24)34(40)41)26-17-33(39)42-27(28(22)26)11-10-18(2)12-21-13-19(3)30(36)20(4)14-21/h6,8-9,12-14,16,25-27,29,36,39-41H,5,7,10-11,15,17H2,1-4H3/b18-12+/t25-,26+,27-,29-/m1/s1. The van der Waals surface area contributed by atoms with E-state index in [0.717, 1.165) is 52.7 Å².